The second-order valence-corrected chi connectivity index (χ2v) is 6.01. The first-order chi connectivity index (χ1) is 8.24. The molecule has 0 radical (unpaired) electrons. The summed E-state index contributed by atoms with van der Waals surface area (Å²) in [5.41, 5.74) is 1.01. The lowest BCUT2D eigenvalue weighted by molar-refractivity contribution is 0.688. The average Bonchev–Trinajstić information content (AvgIpc) is 2.83. The molecule has 0 saturated carbocycles. The first-order valence-electron chi connectivity index (χ1n) is 4.93. The highest BCUT2D eigenvalue weighted by Crippen LogP contribution is 2.12. The van der Waals surface area contributed by atoms with E-state index in [1.807, 2.05) is 17.5 Å². The second kappa shape index (κ2) is 6.10. The molecule has 88 valence electrons. The number of aromatic nitrogens is 1. The molecule has 5 heteroatoms. The second-order valence-electron chi connectivity index (χ2n) is 3.32. The van der Waals surface area contributed by atoms with Crippen LogP contribution in [0, 0.1) is 0 Å². The topological polar surface area (TPSA) is 30.0 Å². The maximum absolute atomic E-state index is 11.8. The summed E-state index contributed by atoms with van der Waals surface area (Å²) < 4.78 is 11.8. The summed E-state index contributed by atoms with van der Waals surface area (Å²) in [6, 6.07) is 7.38. The van der Waals surface area contributed by atoms with Crippen molar-refractivity contribution in [3.05, 3.63) is 56.8 Å². The van der Waals surface area contributed by atoms with E-state index in [-0.39, 0.29) is 0 Å². The molecule has 0 spiro atoms. The molecule has 0 amide bonds. The van der Waals surface area contributed by atoms with Crippen molar-refractivity contribution in [3.8, 4) is 0 Å². The van der Waals surface area contributed by atoms with Crippen LogP contribution < -0.4 is 0 Å². The van der Waals surface area contributed by atoms with E-state index in [1.54, 1.807) is 29.8 Å². The van der Waals surface area contributed by atoms with E-state index in [2.05, 4.69) is 4.98 Å². The Balaban J connectivity index is 1.95. The van der Waals surface area contributed by atoms with E-state index in [0.717, 1.165) is 10.6 Å². The van der Waals surface area contributed by atoms with Crippen molar-refractivity contribution in [2.45, 2.75) is 5.75 Å². The molecule has 2 rings (SSSR count). The largest absolute Gasteiger partial charge is 0.255 e. The quantitative estimate of drug-likeness (QED) is 0.856. The molecule has 0 N–H and O–H groups in total. The fraction of sp³-hybridized carbons (Fsp3) is 0.0833. The lowest BCUT2D eigenvalue weighted by Crippen LogP contribution is -1.90. The Morgan fingerprint density at radius 3 is 2.76 bits per heavy atom. The molecule has 2 aromatic rings. The SMILES string of the molecule is O=S(C=Cc1nccs1)Cc1ccc(Cl)cc1. The monoisotopic (exact) mass is 283 g/mol. The molecular weight excluding hydrogens is 274 g/mol. The zero-order valence-electron chi connectivity index (χ0n) is 8.88. The van der Waals surface area contributed by atoms with E-state index >= 15 is 0 Å². The van der Waals surface area contributed by atoms with Gasteiger partial charge in [-0.05, 0) is 23.8 Å². The van der Waals surface area contributed by atoms with Crippen molar-refractivity contribution in [1.29, 1.82) is 0 Å². The highest BCUT2D eigenvalue weighted by molar-refractivity contribution is 7.87. The maximum Gasteiger partial charge on any atom is 0.116 e. The summed E-state index contributed by atoms with van der Waals surface area (Å²) in [6.07, 6.45) is 3.52. The van der Waals surface area contributed by atoms with Gasteiger partial charge in [-0.15, -0.1) is 11.3 Å². The molecule has 17 heavy (non-hydrogen) atoms. The molecule has 0 aliphatic rings. The summed E-state index contributed by atoms with van der Waals surface area (Å²) in [6.45, 7) is 0. The Morgan fingerprint density at radius 1 is 1.35 bits per heavy atom. The number of halogens is 1. The average molecular weight is 284 g/mol. The minimum atomic E-state index is -1.02. The van der Waals surface area contributed by atoms with Gasteiger partial charge in [0.2, 0.25) is 0 Å². The number of thiazole rings is 1. The van der Waals surface area contributed by atoms with Crippen molar-refractivity contribution >= 4 is 39.8 Å². The Hall–Kier alpha value is -0.970. The Morgan fingerprint density at radius 2 is 2.12 bits per heavy atom. The van der Waals surface area contributed by atoms with Gasteiger partial charge < -0.3 is 0 Å². The first kappa shape index (κ1) is 12.5. The van der Waals surface area contributed by atoms with Crippen LogP contribution in [0.5, 0.6) is 0 Å². The molecule has 1 unspecified atom stereocenters. The molecule has 0 fully saturated rings. The Bertz CT molecular complexity index is 520. The van der Waals surface area contributed by atoms with Gasteiger partial charge in [-0.2, -0.15) is 0 Å². The summed E-state index contributed by atoms with van der Waals surface area (Å²) in [4.78, 5) is 4.09. The standard InChI is InChI=1S/C12H10ClNOS2/c13-11-3-1-10(2-4-11)9-17(15)8-5-12-14-6-7-16-12/h1-8H,9H2. The van der Waals surface area contributed by atoms with Crippen LogP contribution in [0.15, 0.2) is 41.3 Å². The van der Waals surface area contributed by atoms with Crippen LogP contribution in [0.3, 0.4) is 0 Å². The lowest BCUT2D eigenvalue weighted by atomic mass is 10.2. The highest BCUT2D eigenvalue weighted by Gasteiger charge is 1.98. The van der Waals surface area contributed by atoms with Crippen LogP contribution in [0.1, 0.15) is 10.6 Å². The van der Waals surface area contributed by atoms with Gasteiger partial charge in [0, 0.05) is 22.0 Å². The van der Waals surface area contributed by atoms with Crippen molar-refractivity contribution < 1.29 is 4.21 Å². The highest BCUT2D eigenvalue weighted by atomic mass is 35.5. The van der Waals surface area contributed by atoms with E-state index in [9.17, 15) is 4.21 Å². The Labute approximate surface area is 111 Å². The molecule has 0 aliphatic carbocycles. The molecule has 1 aromatic heterocycles. The third-order valence-electron chi connectivity index (χ3n) is 2.04. The summed E-state index contributed by atoms with van der Waals surface area (Å²) in [5.74, 6) is 0.499. The van der Waals surface area contributed by atoms with Gasteiger partial charge in [-0.3, -0.25) is 4.21 Å². The van der Waals surface area contributed by atoms with Gasteiger partial charge in [-0.1, -0.05) is 23.7 Å². The maximum atomic E-state index is 11.8. The number of benzene rings is 1. The first-order valence-corrected chi connectivity index (χ1v) is 7.57. The van der Waals surface area contributed by atoms with Crippen LogP contribution in [-0.4, -0.2) is 9.19 Å². The van der Waals surface area contributed by atoms with Gasteiger partial charge in [0.15, 0.2) is 0 Å². The number of hydrogen-bond acceptors (Lipinski definition) is 3. The molecule has 1 atom stereocenters. The van der Waals surface area contributed by atoms with E-state index in [0.29, 0.717) is 10.8 Å². The molecule has 2 nitrogen and oxygen atoms in total. The molecule has 1 aromatic carbocycles. The van der Waals surface area contributed by atoms with Crippen LogP contribution in [0.4, 0.5) is 0 Å². The van der Waals surface area contributed by atoms with Gasteiger partial charge in [0.05, 0.1) is 16.6 Å². The Kier molecular flexibility index (Phi) is 4.48. The number of hydrogen-bond donors (Lipinski definition) is 0. The van der Waals surface area contributed by atoms with E-state index in [4.69, 9.17) is 11.6 Å². The van der Waals surface area contributed by atoms with Crippen molar-refractivity contribution in [2.75, 3.05) is 0 Å². The molecular formula is C12H10ClNOS2. The van der Waals surface area contributed by atoms with Gasteiger partial charge in [0.25, 0.3) is 0 Å². The van der Waals surface area contributed by atoms with Crippen LogP contribution >= 0.6 is 22.9 Å². The molecule has 0 aliphatic heterocycles. The molecule has 0 saturated heterocycles. The van der Waals surface area contributed by atoms with Crippen LogP contribution in [0.25, 0.3) is 6.08 Å². The number of nitrogens with zero attached hydrogens (tertiary/aromatic N) is 1. The lowest BCUT2D eigenvalue weighted by Gasteiger charge is -1.98. The summed E-state index contributed by atoms with van der Waals surface area (Å²) in [5, 5.41) is 5.13. The predicted octanol–water partition coefficient (Wildman–Crippen LogP) is 3.72. The van der Waals surface area contributed by atoms with Crippen molar-refractivity contribution in [3.63, 3.8) is 0 Å². The fourth-order valence-electron chi connectivity index (χ4n) is 1.24. The molecule has 0 bridgehead atoms. The zero-order valence-corrected chi connectivity index (χ0v) is 11.3. The summed E-state index contributed by atoms with van der Waals surface area (Å²) in [7, 11) is -1.02. The fourth-order valence-corrected chi connectivity index (χ4v) is 2.88. The number of rotatable bonds is 4. The third-order valence-corrected chi connectivity index (χ3v) is 4.09. The minimum Gasteiger partial charge on any atom is -0.255 e. The van der Waals surface area contributed by atoms with E-state index < -0.39 is 10.8 Å². The van der Waals surface area contributed by atoms with E-state index in [1.165, 1.54) is 11.3 Å². The predicted molar refractivity (Wildman–Crippen MR) is 74.4 cm³/mol. The normalized spacial score (nSPS) is 13.0. The van der Waals surface area contributed by atoms with Crippen LogP contribution in [0.2, 0.25) is 5.02 Å². The third kappa shape index (κ3) is 4.07. The molecule has 1 heterocycles. The zero-order chi connectivity index (χ0) is 12.1. The summed E-state index contributed by atoms with van der Waals surface area (Å²) >= 11 is 7.30. The minimum absolute atomic E-state index is 0.499. The smallest absolute Gasteiger partial charge is 0.116 e. The van der Waals surface area contributed by atoms with Gasteiger partial charge in [-0.25, -0.2) is 4.98 Å². The van der Waals surface area contributed by atoms with Gasteiger partial charge in [0.1, 0.15) is 5.01 Å². The van der Waals surface area contributed by atoms with Crippen molar-refractivity contribution in [2.24, 2.45) is 0 Å². The van der Waals surface area contributed by atoms with Crippen molar-refractivity contribution in [1.82, 2.24) is 4.98 Å². The van der Waals surface area contributed by atoms with Crippen LogP contribution in [-0.2, 0) is 16.6 Å². The van der Waals surface area contributed by atoms with Gasteiger partial charge >= 0.3 is 0 Å².